The molecule has 5 rings (SSSR count). The van der Waals surface area contributed by atoms with Crippen molar-refractivity contribution >= 4 is 15.8 Å². The van der Waals surface area contributed by atoms with Gasteiger partial charge in [0.2, 0.25) is 5.95 Å². The highest BCUT2D eigenvalue weighted by Crippen LogP contribution is 2.48. The summed E-state index contributed by atoms with van der Waals surface area (Å²) in [5, 5.41) is 9.09. The fourth-order valence-corrected chi connectivity index (χ4v) is 7.10. The molecule has 1 spiro atoms. The van der Waals surface area contributed by atoms with Crippen molar-refractivity contribution in [3.8, 4) is 0 Å². The Bertz CT molecular complexity index is 796. The van der Waals surface area contributed by atoms with Crippen molar-refractivity contribution < 1.29 is 13.2 Å². The zero-order chi connectivity index (χ0) is 18.5. The number of aromatic nitrogens is 3. The molecule has 3 aliphatic heterocycles. The molecule has 4 fully saturated rings. The minimum Gasteiger partial charge on any atom is -0.376 e. The van der Waals surface area contributed by atoms with E-state index in [9.17, 15) is 8.42 Å². The number of ether oxygens (including phenoxy) is 1. The molecule has 1 saturated carbocycles. The van der Waals surface area contributed by atoms with Gasteiger partial charge in [-0.15, -0.1) is 10.2 Å². The summed E-state index contributed by atoms with van der Waals surface area (Å²) in [6, 6.07) is 0. The number of hydrogen-bond donors (Lipinski definition) is 0. The van der Waals surface area contributed by atoms with Crippen LogP contribution < -0.4 is 4.90 Å². The molecule has 150 valence electrons. The molecule has 0 bridgehead atoms. The number of rotatable bonds is 4. The van der Waals surface area contributed by atoms with E-state index >= 15 is 0 Å². The van der Waals surface area contributed by atoms with Crippen molar-refractivity contribution in [2.45, 2.75) is 69.9 Å². The highest BCUT2D eigenvalue weighted by Gasteiger charge is 2.44. The van der Waals surface area contributed by atoms with Gasteiger partial charge in [0.25, 0.3) is 0 Å². The molecule has 1 aromatic heterocycles. The van der Waals surface area contributed by atoms with Gasteiger partial charge in [-0.1, -0.05) is 6.42 Å². The Kier molecular flexibility index (Phi) is 4.46. The molecule has 0 amide bonds. The van der Waals surface area contributed by atoms with Crippen molar-refractivity contribution in [2.24, 2.45) is 5.41 Å². The molecule has 1 aliphatic carbocycles. The van der Waals surface area contributed by atoms with Gasteiger partial charge in [0.05, 0.1) is 24.2 Å². The third-order valence-electron chi connectivity index (χ3n) is 7.15. The predicted octanol–water partition coefficient (Wildman–Crippen LogP) is 2.13. The minimum absolute atomic E-state index is 0.0277. The standard InChI is InChI=1S/C19H30N4O3S/c24-27(25)11-5-15(13-27)17-20-21-18(22-9-8-19(14-22)6-3-7-19)23(17)12-16-4-1-2-10-26-16/h15-16H,1-14H2. The quantitative estimate of drug-likeness (QED) is 0.779. The summed E-state index contributed by atoms with van der Waals surface area (Å²) in [4.78, 5) is 2.39. The highest BCUT2D eigenvalue weighted by atomic mass is 32.2. The first-order valence-electron chi connectivity index (χ1n) is 10.5. The summed E-state index contributed by atoms with van der Waals surface area (Å²) in [7, 11) is -2.94. The summed E-state index contributed by atoms with van der Waals surface area (Å²) >= 11 is 0. The van der Waals surface area contributed by atoms with Crippen LogP contribution in [0, 0.1) is 5.41 Å². The molecule has 8 heteroatoms. The van der Waals surface area contributed by atoms with Crippen LogP contribution in [0.25, 0.3) is 0 Å². The highest BCUT2D eigenvalue weighted by molar-refractivity contribution is 7.91. The first kappa shape index (κ1) is 17.9. The molecule has 4 aliphatic rings. The van der Waals surface area contributed by atoms with Gasteiger partial charge in [0, 0.05) is 25.6 Å². The van der Waals surface area contributed by atoms with Gasteiger partial charge in [-0.25, -0.2) is 8.42 Å². The lowest BCUT2D eigenvalue weighted by molar-refractivity contribution is 0.00558. The van der Waals surface area contributed by atoms with Crippen LogP contribution in [0.2, 0.25) is 0 Å². The third kappa shape index (κ3) is 3.39. The Morgan fingerprint density at radius 3 is 2.63 bits per heavy atom. The Labute approximate surface area is 161 Å². The maximum absolute atomic E-state index is 12.0. The minimum atomic E-state index is -2.94. The molecule has 1 aromatic rings. The Morgan fingerprint density at radius 2 is 2.00 bits per heavy atom. The van der Waals surface area contributed by atoms with E-state index in [1.54, 1.807) is 0 Å². The van der Waals surface area contributed by atoms with E-state index in [-0.39, 0.29) is 23.5 Å². The largest absolute Gasteiger partial charge is 0.376 e. The molecular weight excluding hydrogens is 364 g/mol. The van der Waals surface area contributed by atoms with Gasteiger partial charge in [0.1, 0.15) is 5.82 Å². The van der Waals surface area contributed by atoms with E-state index in [1.807, 2.05) is 0 Å². The molecule has 27 heavy (non-hydrogen) atoms. The van der Waals surface area contributed by atoms with Crippen LogP contribution >= 0.6 is 0 Å². The van der Waals surface area contributed by atoms with E-state index in [4.69, 9.17) is 4.74 Å². The number of nitrogens with zero attached hydrogens (tertiary/aromatic N) is 4. The van der Waals surface area contributed by atoms with Crippen LogP contribution in [0.5, 0.6) is 0 Å². The average Bonchev–Trinajstić information content (AvgIpc) is 3.31. The molecule has 4 heterocycles. The lowest BCUT2D eigenvalue weighted by Crippen LogP contribution is -2.35. The zero-order valence-corrected chi connectivity index (χ0v) is 16.8. The maximum atomic E-state index is 12.0. The SMILES string of the molecule is O=S1(=O)CCC(c2nnc(N3CCC4(CCC4)C3)n2CC2CCCCO2)C1. The van der Waals surface area contributed by atoms with E-state index < -0.39 is 9.84 Å². The molecule has 2 atom stereocenters. The molecule has 0 radical (unpaired) electrons. The second kappa shape index (κ2) is 6.72. The monoisotopic (exact) mass is 394 g/mol. The molecular formula is C19H30N4O3S. The average molecular weight is 395 g/mol. The molecule has 7 nitrogen and oxygen atoms in total. The van der Waals surface area contributed by atoms with Crippen LogP contribution in [0.1, 0.15) is 63.1 Å². The number of anilines is 1. The van der Waals surface area contributed by atoms with Gasteiger partial charge >= 0.3 is 0 Å². The van der Waals surface area contributed by atoms with Crippen molar-refractivity contribution in [1.29, 1.82) is 0 Å². The Hall–Kier alpha value is -1.15. The van der Waals surface area contributed by atoms with Crippen LogP contribution in [-0.2, 0) is 21.1 Å². The first-order chi connectivity index (χ1) is 13.0. The topological polar surface area (TPSA) is 77.3 Å². The second-order valence-electron chi connectivity index (χ2n) is 9.08. The molecule has 0 aromatic carbocycles. The van der Waals surface area contributed by atoms with Gasteiger partial charge < -0.3 is 9.64 Å². The van der Waals surface area contributed by atoms with Crippen molar-refractivity contribution in [1.82, 2.24) is 14.8 Å². The Balaban J connectivity index is 1.43. The number of sulfone groups is 1. The number of hydrogen-bond acceptors (Lipinski definition) is 6. The Morgan fingerprint density at radius 1 is 1.11 bits per heavy atom. The van der Waals surface area contributed by atoms with Crippen molar-refractivity contribution in [3.63, 3.8) is 0 Å². The van der Waals surface area contributed by atoms with E-state index in [0.29, 0.717) is 11.8 Å². The van der Waals surface area contributed by atoms with Crippen LogP contribution in [0.4, 0.5) is 5.95 Å². The summed E-state index contributed by atoms with van der Waals surface area (Å²) in [6.45, 7) is 3.67. The lowest BCUT2D eigenvalue weighted by atomic mass is 9.68. The summed E-state index contributed by atoms with van der Waals surface area (Å²) in [5.41, 5.74) is 0.495. The second-order valence-corrected chi connectivity index (χ2v) is 11.3. The van der Waals surface area contributed by atoms with Gasteiger partial charge in [-0.2, -0.15) is 0 Å². The molecule has 3 saturated heterocycles. The normalized spacial score (nSPS) is 32.1. The van der Waals surface area contributed by atoms with Crippen molar-refractivity contribution in [2.75, 3.05) is 36.1 Å². The zero-order valence-electron chi connectivity index (χ0n) is 16.0. The first-order valence-corrected chi connectivity index (χ1v) is 12.4. The van der Waals surface area contributed by atoms with E-state index in [1.165, 1.54) is 32.1 Å². The van der Waals surface area contributed by atoms with Crippen LogP contribution in [0.3, 0.4) is 0 Å². The fourth-order valence-electron chi connectivity index (χ4n) is 5.36. The summed E-state index contributed by atoms with van der Waals surface area (Å²) in [6.07, 6.45) is 9.49. The third-order valence-corrected chi connectivity index (χ3v) is 8.92. The van der Waals surface area contributed by atoms with Gasteiger partial charge in [-0.05, 0) is 50.4 Å². The summed E-state index contributed by atoms with van der Waals surface area (Å²) < 4.78 is 32.2. The molecule has 0 N–H and O–H groups in total. The maximum Gasteiger partial charge on any atom is 0.227 e. The summed E-state index contributed by atoms with van der Waals surface area (Å²) in [5.74, 6) is 2.25. The van der Waals surface area contributed by atoms with Crippen molar-refractivity contribution in [3.05, 3.63) is 5.82 Å². The van der Waals surface area contributed by atoms with E-state index in [2.05, 4.69) is 19.7 Å². The van der Waals surface area contributed by atoms with Crippen LogP contribution in [-0.4, -0.2) is 60.5 Å². The van der Waals surface area contributed by atoms with Crippen LogP contribution in [0.15, 0.2) is 0 Å². The van der Waals surface area contributed by atoms with Gasteiger partial charge in [-0.3, -0.25) is 4.57 Å². The fraction of sp³-hybridized carbons (Fsp3) is 0.895. The predicted molar refractivity (Wildman–Crippen MR) is 103 cm³/mol. The molecule has 2 unspecified atom stereocenters. The van der Waals surface area contributed by atoms with Gasteiger partial charge in [0.15, 0.2) is 9.84 Å². The lowest BCUT2D eigenvalue weighted by Gasteiger charge is -2.38. The smallest absolute Gasteiger partial charge is 0.227 e. The van der Waals surface area contributed by atoms with E-state index in [0.717, 1.165) is 50.9 Å².